The van der Waals surface area contributed by atoms with Crippen molar-refractivity contribution in [2.45, 2.75) is 14.4 Å². The molecule has 5 nitrogen and oxygen atoms in total. The van der Waals surface area contributed by atoms with Crippen molar-refractivity contribution in [3.8, 4) is 0 Å². The lowest BCUT2D eigenvalue weighted by molar-refractivity contribution is 0.0601. The number of carbonyl (C=O) groups excluding carboxylic acids is 1. The standard InChI is InChI=1S/C12H13N3O2S3/c1-17-10(16)9-7(4-3-5-8(9)13)6-19-12-15-14-11(18-2)20-12/h3-5H,6,13H2,1-2H3. The molecule has 0 saturated carbocycles. The number of anilines is 1. The minimum absolute atomic E-state index is 0.416. The lowest BCUT2D eigenvalue weighted by atomic mass is 10.1. The second-order valence-corrected chi connectivity index (χ2v) is 6.95. The van der Waals surface area contributed by atoms with Gasteiger partial charge in [0.25, 0.3) is 0 Å². The molecule has 8 heteroatoms. The zero-order chi connectivity index (χ0) is 14.5. The molecule has 0 aliphatic rings. The maximum Gasteiger partial charge on any atom is 0.340 e. The summed E-state index contributed by atoms with van der Waals surface area (Å²) in [5, 5.41) is 8.11. The van der Waals surface area contributed by atoms with Crippen molar-refractivity contribution in [3.63, 3.8) is 0 Å². The SMILES string of the molecule is COC(=O)c1c(N)cccc1CSc1nnc(SC)s1. The molecular formula is C12H13N3O2S3. The van der Waals surface area contributed by atoms with E-state index < -0.39 is 5.97 Å². The number of hydrogen-bond acceptors (Lipinski definition) is 8. The molecule has 0 atom stereocenters. The predicted octanol–water partition coefficient (Wildman–Crippen LogP) is 2.92. The van der Waals surface area contributed by atoms with Gasteiger partial charge in [-0.3, -0.25) is 0 Å². The maximum atomic E-state index is 11.8. The summed E-state index contributed by atoms with van der Waals surface area (Å²) in [5.41, 5.74) is 7.55. The van der Waals surface area contributed by atoms with Gasteiger partial charge < -0.3 is 10.5 Å². The van der Waals surface area contributed by atoms with Gasteiger partial charge in [-0.25, -0.2) is 4.79 Å². The Hall–Kier alpha value is -1.25. The molecule has 1 aromatic heterocycles. The van der Waals surface area contributed by atoms with Crippen molar-refractivity contribution in [3.05, 3.63) is 29.3 Å². The van der Waals surface area contributed by atoms with Gasteiger partial charge in [0.05, 0.1) is 12.7 Å². The van der Waals surface area contributed by atoms with Crippen LogP contribution in [0.15, 0.2) is 26.9 Å². The van der Waals surface area contributed by atoms with Gasteiger partial charge in [0.15, 0.2) is 8.68 Å². The largest absolute Gasteiger partial charge is 0.465 e. The third-order valence-electron chi connectivity index (χ3n) is 2.49. The van der Waals surface area contributed by atoms with E-state index in [2.05, 4.69) is 10.2 Å². The molecule has 2 rings (SSSR count). The first-order valence-electron chi connectivity index (χ1n) is 5.61. The van der Waals surface area contributed by atoms with E-state index in [9.17, 15) is 4.79 Å². The van der Waals surface area contributed by atoms with E-state index in [1.54, 1.807) is 17.8 Å². The van der Waals surface area contributed by atoms with Crippen molar-refractivity contribution in [2.24, 2.45) is 0 Å². The van der Waals surface area contributed by atoms with Crippen LogP contribution in [0.1, 0.15) is 15.9 Å². The molecule has 106 valence electrons. The Morgan fingerprint density at radius 2 is 2.15 bits per heavy atom. The molecule has 0 amide bonds. The van der Waals surface area contributed by atoms with E-state index >= 15 is 0 Å². The monoisotopic (exact) mass is 327 g/mol. The lowest BCUT2D eigenvalue weighted by Gasteiger charge is -2.09. The van der Waals surface area contributed by atoms with E-state index in [-0.39, 0.29) is 0 Å². The summed E-state index contributed by atoms with van der Waals surface area (Å²) in [7, 11) is 1.35. The Morgan fingerprint density at radius 1 is 1.40 bits per heavy atom. The summed E-state index contributed by atoms with van der Waals surface area (Å²) in [6, 6.07) is 5.38. The number of thioether (sulfide) groups is 2. The van der Waals surface area contributed by atoms with Gasteiger partial charge >= 0.3 is 5.97 Å². The third kappa shape index (κ3) is 3.44. The highest BCUT2D eigenvalue weighted by Crippen LogP contribution is 2.31. The van der Waals surface area contributed by atoms with Crippen molar-refractivity contribution < 1.29 is 9.53 Å². The molecule has 0 unspecified atom stereocenters. The average Bonchev–Trinajstić information content (AvgIpc) is 2.92. The van der Waals surface area contributed by atoms with Gasteiger partial charge in [-0.15, -0.1) is 10.2 Å². The number of hydrogen-bond donors (Lipinski definition) is 1. The molecule has 0 saturated heterocycles. The average molecular weight is 327 g/mol. The maximum absolute atomic E-state index is 11.8. The van der Waals surface area contributed by atoms with Crippen molar-refractivity contribution in [1.29, 1.82) is 0 Å². The molecule has 0 fully saturated rings. The number of benzene rings is 1. The second kappa shape index (κ2) is 6.96. The highest BCUT2D eigenvalue weighted by molar-refractivity contribution is 8.02. The molecule has 20 heavy (non-hydrogen) atoms. The van der Waals surface area contributed by atoms with Crippen LogP contribution >= 0.6 is 34.9 Å². The Balaban J connectivity index is 2.16. The summed E-state index contributed by atoms with van der Waals surface area (Å²) in [6.45, 7) is 0. The first kappa shape index (κ1) is 15.1. The topological polar surface area (TPSA) is 78.1 Å². The molecule has 2 N–H and O–H groups in total. The van der Waals surface area contributed by atoms with Crippen LogP contribution in [-0.2, 0) is 10.5 Å². The van der Waals surface area contributed by atoms with E-state index in [0.717, 1.165) is 14.2 Å². The molecule has 0 aliphatic carbocycles. The van der Waals surface area contributed by atoms with Crippen LogP contribution in [0, 0.1) is 0 Å². The fourth-order valence-electron chi connectivity index (χ4n) is 1.57. The molecule has 0 radical (unpaired) electrons. The molecule has 0 spiro atoms. The fourth-order valence-corrected chi connectivity index (χ4v) is 4.00. The predicted molar refractivity (Wildman–Crippen MR) is 83.4 cm³/mol. The molecule has 0 aliphatic heterocycles. The van der Waals surface area contributed by atoms with Crippen LogP contribution in [0.2, 0.25) is 0 Å². The van der Waals surface area contributed by atoms with Gasteiger partial charge in [0.1, 0.15) is 0 Å². The summed E-state index contributed by atoms with van der Waals surface area (Å²) in [6.07, 6.45) is 1.96. The number of methoxy groups -OCH3 is 1. The first-order chi connectivity index (χ1) is 9.65. The number of nitrogen functional groups attached to an aromatic ring is 1. The normalized spacial score (nSPS) is 10.5. The minimum Gasteiger partial charge on any atom is -0.465 e. The summed E-state index contributed by atoms with van der Waals surface area (Å²) in [4.78, 5) is 11.8. The van der Waals surface area contributed by atoms with Crippen LogP contribution in [-0.4, -0.2) is 29.5 Å². The smallest absolute Gasteiger partial charge is 0.340 e. The number of rotatable bonds is 5. The van der Waals surface area contributed by atoms with Crippen LogP contribution < -0.4 is 5.73 Å². The first-order valence-corrected chi connectivity index (χ1v) is 8.64. The molecule has 2 aromatic rings. The van der Waals surface area contributed by atoms with E-state index in [0.29, 0.717) is 17.0 Å². The quantitative estimate of drug-likeness (QED) is 0.514. The van der Waals surface area contributed by atoms with Crippen LogP contribution in [0.5, 0.6) is 0 Å². The lowest BCUT2D eigenvalue weighted by Crippen LogP contribution is -2.09. The van der Waals surface area contributed by atoms with Gasteiger partial charge in [0, 0.05) is 11.4 Å². The number of nitrogens with two attached hydrogens (primary N) is 1. The number of esters is 1. The highest BCUT2D eigenvalue weighted by atomic mass is 32.2. The number of aromatic nitrogens is 2. The minimum atomic E-state index is -0.416. The van der Waals surface area contributed by atoms with Crippen LogP contribution in [0.4, 0.5) is 5.69 Å². The zero-order valence-electron chi connectivity index (χ0n) is 11.0. The summed E-state index contributed by atoms with van der Waals surface area (Å²) in [5.74, 6) is 0.180. The third-order valence-corrected chi connectivity index (χ3v) is 5.57. The Bertz CT molecular complexity index is 616. The van der Waals surface area contributed by atoms with Crippen molar-refractivity contribution in [1.82, 2.24) is 10.2 Å². The van der Waals surface area contributed by atoms with Gasteiger partial charge in [-0.1, -0.05) is 47.0 Å². The molecule has 1 aromatic carbocycles. The highest BCUT2D eigenvalue weighted by Gasteiger charge is 2.16. The fraction of sp³-hybridized carbons (Fsp3) is 0.250. The Labute approximate surface area is 129 Å². The van der Waals surface area contributed by atoms with E-state index in [1.165, 1.54) is 30.2 Å². The van der Waals surface area contributed by atoms with E-state index in [4.69, 9.17) is 10.5 Å². The Kier molecular flexibility index (Phi) is 5.27. The zero-order valence-corrected chi connectivity index (χ0v) is 13.4. The Morgan fingerprint density at radius 3 is 2.80 bits per heavy atom. The van der Waals surface area contributed by atoms with E-state index in [1.807, 2.05) is 18.4 Å². The number of carbonyl (C=O) groups is 1. The van der Waals surface area contributed by atoms with Gasteiger partial charge in [-0.05, 0) is 17.9 Å². The number of nitrogens with zero attached hydrogens (tertiary/aromatic N) is 2. The van der Waals surface area contributed by atoms with Crippen LogP contribution in [0.3, 0.4) is 0 Å². The van der Waals surface area contributed by atoms with Crippen molar-refractivity contribution >= 4 is 46.5 Å². The van der Waals surface area contributed by atoms with Gasteiger partial charge in [0.2, 0.25) is 0 Å². The molecular weight excluding hydrogens is 314 g/mol. The molecule has 0 bridgehead atoms. The molecule has 1 heterocycles. The van der Waals surface area contributed by atoms with Gasteiger partial charge in [-0.2, -0.15) is 0 Å². The van der Waals surface area contributed by atoms with Crippen molar-refractivity contribution in [2.75, 3.05) is 19.1 Å². The summed E-state index contributed by atoms with van der Waals surface area (Å²) >= 11 is 4.62. The summed E-state index contributed by atoms with van der Waals surface area (Å²) < 4.78 is 6.57. The number of ether oxygens (including phenoxy) is 1. The second-order valence-electron chi connectivity index (χ2n) is 3.70. The van der Waals surface area contributed by atoms with Crippen LogP contribution in [0.25, 0.3) is 0 Å².